The lowest BCUT2D eigenvalue weighted by atomic mass is 10.0. The van der Waals surface area contributed by atoms with E-state index in [0.717, 1.165) is 78.9 Å². The van der Waals surface area contributed by atoms with Gasteiger partial charge in [-0.15, -0.1) is 0 Å². The number of aryl methyl sites for hydroxylation is 5. The molecule has 7 aromatic carbocycles. The van der Waals surface area contributed by atoms with E-state index in [1.165, 1.54) is 30.3 Å². The number of carbonyl (C=O) groups is 3. The van der Waals surface area contributed by atoms with E-state index in [9.17, 15) is 107 Å². The Balaban J connectivity index is 0.000000605. The van der Waals surface area contributed by atoms with Crippen molar-refractivity contribution in [2.24, 2.45) is 0 Å². The van der Waals surface area contributed by atoms with Gasteiger partial charge in [0.15, 0.2) is 0 Å². The van der Waals surface area contributed by atoms with Crippen LogP contribution in [0.5, 0.6) is 0 Å². The predicted octanol–water partition coefficient (Wildman–Crippen LogP) is 23.5. The van der Waals surface area contributed by atoms with Crippen LogP contribution in [-0.2, 0) is 114 Å². The van der Waals surface area contributed by atoms with Crippen molar-refractivity contribution in [3.63, 3.8) is 0 Å². The Kier molecular flexibility index (Phi) is 36.0. The van der Waals surface area contributed by atoms with E-state index in [-0.39, 0.29) is 35.5 Å². The van der Waals surface area contributed by atoms with Crippen molar-refractivity contribution >= 4 is 83.8 Å². The van der Waals surface area contributed by atoms with E-state index in [2.05, 4.69) is 38.4 Å². The number of carbonyl (C=O) groups excluding carboxylic acids is 2. The summed E-state index contributed by atoms with van der Waals surface area (Å²) in [5.74, 6) is -1.67. The van der Waals surface area contributed by atoms with Gasteiger partial charge in [-0.25, -0.2) is 0 Å². The van der Waals surface area contributed by atoms with Crippen LogP contribution in [0.3, 0.4) is 0 Å². The van der Waals surface area contributed by atoms with Crippen molar-refractivity contribution < 1.29 is 116 Å². The van der Waals surface area contributed by atoms with Gasteiger partial charge in [-0.3, -0.25) is 14.4 Å². The van der Waals surface area contributed by atoms with Gasteiger partial charge in [0, 0.05) is 32.4 Å². The molecule has 0 bridgehead atoms. The number of alkyl halides is 21. The Hall–Kier alpha value is -7.93. The highest BCUT2D eigenvalue weighted by atomic mass is 79.9. The van der Waals surface area contributed by atoms with Gasteiger partial charge in [0.1, 0.15) is 5.60 Å². The second-order valence-electron chi connectivity index (χ2n) is 22.9. The molecule has 32 heteroatoms. The minimum Gasteiger partial charge on any atom is -0.481 e. The highest BCUT2D eigenvalue weighted by Crippen LogP contribution is 2.38. The standard InChI is InChI=1S/C15H19F3O2.C11H10ClF3O.C11H11F3O2.C9H8BrF3.C9H10F3N.C9H8F3N.C7H5BrF3N/c1-5-10-6-11(8-12(7-10)15(16,17)18)9-13(19)20-14(2,3)4;1-2-7-3-8(6-10(12)16)5-9(4-7)11(13,14)15;1-2-7-3-8(6-10(15)16)5-9(4-7)11(12,13)14;1-2-6-3-7(9(11,12)13)5-8(10)4-6;2*1-2-6-3-7(9(10,11)12)5-8(13)4-6;8-5-1-4(7(9,10)11)2-6(12)3-5/h6-8H,5,9H2,1-4H3;3-5H,2,6H2,1H3;3-5H,2,6H2,1H3,(H,15,16);3-5H,2H2,1H3;3-5H,2,13H2,1H3;2-5H,1,13H2;1-3H,12H2. The largest absolute Gasteiger partial charge is 0.481 e. The van der Waals surface area contributed by atoms with Crippen molar-refractivity contribution in [2.75, 3.05) is 17.2 Å². The van der Waals surface area contributed by atoms with Crippen molar-refractivity contribution in [1.82, 2.24) is 0 Å². The molecule has 0 saturated heterocycles. The van der Waals surface area contributed by atoms with Gasteiger partial charge in [0.25, 0.3) is 0 Å². The van der Waals surface area contributed by atoms with E-state index in [1.807, 2.05) is 6.92 Å². The Morgan fingerprint density at radius 3 is 0.932 bits per heavy atom. The highest BCUT2D eigenvalue weighted by molar-refractivity contribution is 9.10. The van der Waals surface area contributed by atoms with Crippen LogP contribution in [0.15, 0.2) is 143 Å². The zero-order chi connectivity index (χ0) is 79.8. The molecule has 0 amide bonds. The second-order valence-corrected chi connectivity index (χ2v) is 25.2. The lowest BCUT2D eigenvalue weighted by molar-refractivity contribution is -0.154. The van der Waals surface area contributed by atoms with Crippen LogP contribution in [0.1, 0.15) is 144 Å². The number of nitrogens with two attached hydrogens (primary N) is 3. The summed E-state index contributed by atoms with van der Waals surface area (Å²) in [5.41, 5.74) is 14.6. The fourth-order valence-corrected chi connectivity index (χ4v) is 9.62. The molecule has 0 spiro atoms. The molecule has 0 fully saturated rings. The fourth-order valence-electron chi connectivity index (χ4n) is 8.42. The fraction of sp³-hybridized carbons (Fsp3) is 0.338. The van der Waals surface area contributed by atoms with Crippen LogP contribution in [0.2, 0.25) is 0 Å². The van der Waals surface area contributed by atoms with Crippen molar-refractivity contribution in [1.29, 1.82) is 0 Å². The molecular formula is C71H71Br2ClF21N3O5. The first-order valence-electron chi connectivity index (χ1n) is 30.1. The molecule has 0 aliphatic rings. The molecule has 0 unspecified atom stereocenters. The SMILES string of the molecule is C=Cc1cc(N)cc(C(F)(F)F)c1.CCc1cc(Br)cc(C(F)(F)F)c1.CCc1cc(CC(=O)Cl)cc(C(F)(F)F)c1.CCc1cc(CC(=O)O)cc(C(F)(F)F)c1.CCc1cc(CC(=O)OC(C)(C)C)cc(C(F)(F)F)c1.CCc1cc(N)cc(C(F)(F)F)c1.Nc1cc(Br)cc(C(F)(F)F)c1. The average molecular weight is 1640 g/mol. The van der Waals surface area contributed by atoms with E-state index in [1.54, 1.807) is 72.7 Å². The number of benzene rings is 7. The number of aliphatic carboxylic acids is 1. The molecule has 8 nitrogen and oxygen atoms in total. The van der Waals surface area contributed by atoms with Crippen LogP contribution >= 0.6 is 43.5 Å². The Morgan fingerprint density at radius 1 is 0.379 bits per heavy atom. The molecule has 0 radical (unpaired) electrons. The summed E-state index contributed by atoms with van der Waals surface area (Å²) in [6, 6.07) is 24.9. The maximum absolute atomic E-state index is 12.8. The van der Waals surface area contributed by atoms with Crippen molar-refractivity contribution in [3.8, 4) is 0 Å². The molecule has 7 rings (SSSR count). The molecule has 7 aromatic rings. The van der Waals surface area contributed by atoms with Crippen molar-refractivity contribution in [2.45, 2.75) is 156 Å². The van der Waals surface area contributed by atoms with Crippen LogP contribution in [0, 0.1) is 0 Å². The third-order valence-corrected chi connectivity index (χ3v) is 14.1. The van der Waals surface area contributed by atoms with Crippen LogP contribution in [-0.4, -0.2) is 27.9 Å². The molecule has 7 N–H and O–H groups in total. The summed E-state index contributed by atoms with van der Waals surface area (Å²) in [6.07, 6.45) is -27.3. The number of anilines is 3. The monoisotopic (exact) mass is 1640 g/mol. The number of hydrogen-bond acceptors (Lipinski definition) is 7. The van der Waals surface area contributed by atoms with Crippen LogP contribution in [0.25, 0.3) is 6.08 Å². The molecule has 0 aliphatic carbocycles. The number of nitrogen functional groups attached to an aromatic ring is 3. The van der Waals surface area contributed by atoms with Gasteiger partial charge in [0.05, 0.1) is 51.8 Å². The molecule has 0 atom stereocenters. The molecule has 0 saturated carbocycles. The topological polar surface area (TPSA) is 159 Å². The Labute approximate surface area is 602 Å². The smallest absolute Gasteiger partial charge is 0.416 e. The molecule has 103 heavy (non-hydrogen) atoms. The number of carboxylic acids is 1. The first-order chi connectivity index (χ1) is 46.8. The first-order valence-corrected chi connectivity index (χ1v) is 32.1. The minimum absolute atomic E-state index is 0.0877. The number of ether oxygens (including phenoxy) is 1. The molecule has 0 aromatic heterocycles. The lowest BCUT2D eigenvalue weighted by Crippen LogP contribution is -2.25. The number of halogens is 24. The van der Waals surface area contributed by atoms with Crippen LogP contribution < -0.4 is 17.2 Å². The number of rotatable bonds is 12. The van der Waals surface area contributed by atoms with Crippen molar-refractivity contribution in [3.05, 3.63) is 232 Å². The molecule has 568 valence electrons. The van der Waals surface area contributed by atoms with E-state index >= 15 is 0 Å². The number of hydrogen-bond donors (Lipinski definition) is 4. The highest BCUT2D eigenvalue weighted by Gasteiger charge is 2.36. The molecule has 0 aliphatic heterocycles. The quantitative estimate of drug-likeness (QED) is 0.0407. The van der Waals surface area contributed by atoms with Gasteiger partial charge in [0.2, 0.25) is 5.24 Å². The van der Waals surface area contributed by atoms with E-state index in [0.29, 0.717) is 85.6 Å². The van der Waals surface area contributed by atoms with Crippen LogP contribution in [0.4, 0.5) is 109 Å². The summed E-state index contributed by atoms with van der Waals surface area (Å²) >= 11 is 11.1. The summed E-state index contributed by atoms with van der Waals surface area (Å²) in [6.45, 7) is 17.4. The van der Waals surface area contributed by atoms with E-state index < -0.39 is 111 Å². The summed E-state index contributed by atoms with van der Waals surface area (Å²) in [7, 11) is 0. The molecule has 0 heterocycles. The zero-order valence-electron chi connectivity index (χ0n) is 55.9. The first kappa shape index (κ1) is 93.1. The summed E-state index contributed by atoms with van der Waals surface area (Å²) in [5, 5.41) is 7.88. The second kappa shape index (κ2) is 39.8. The lowest BCUT2D eigenvalue weighted by Gasteiger charge is -2.19. The van der Waals surface area contributed by atoms with Gasteiger partial charge in [-0.2, -0.15) is 92.2 Å². The third-order valence-electron chi connectivity index (χ3n) is 13.1. The minimum atomic E-state index is -4.43. The summed E-state index contributed by atoms with van der Waals surface area (Å²) in [4.78, 5) is 32.8. The molecular weight excluding hydrogens is 1570 g/mol. The van der Waals surface area contributed by atoms with E-state index in [4.69, 9.17) is 38.6 Å². The van der Waals surface area contributed by atoms with Gasteiger partial charge < -0.3 is 27.0 Å². The van der Waals surface area contributed by atoms with Gasteiger partial charge in [-0.05, 0) is 224 Å². The van der Waals surface area contributed by atoms with Gasteiger partial charge >= 0.3 is 55.2 Å². The maximum atomic E-state index is 12.8. The number of carboxylic acid groups (broad SMARTS) is 1. The maximum Gasteiger partial charge on any atom is 0.416 e. The predicted molar refractivity (Wildman–Crippen MR) is 361 cm³/mol. The van der Waals surface area contributed by atoms with Gasteiger partial charge in [-0.1, -0.05) is 97.3 Å². The zero-order valence-corrected chi connectivity index (χ0v) is 59.9. The summed E-state index contributed by atoms with van der Waals surface area (Å²) < 4.78 is 265. The Morgan fingerprint density at radius 2 is 0.631 bits per heavy atom. The normalized spacial score (nSPS) is 11.7. The Bertz CT molecular complexity index is 3770. The number of esters is 1. The third kappa shape index (κ3) is 36.9. The average Bonchev–Trinajstić information content (AvgIpc) is 0.876.